The molecule has 2 aromatic rings. The number of benzene rings is 1. The summed E-state index contributed by atoms with van der Waals surface area (Å²) in [6.45, 7) is 0.600. The molecule has 1 amide bonds. The molecule has 10 heteroatoms. The summed E-state index contributed by atoms with van der Waals surface area (Å²) in [5.41, 5.74) is -3.96. The summed E-state index contributed by atoms with van der Waals surface area (Å²) in [5.74, 6) is -0.822. The van der Waals surface area contributed by atoms with Crippen molar-refractivity contribution in [2.75, 3.05) is 11.9 Å². The third-order valence-electron chi connectivity index (χ3n) is 3.56. The molecule has 144 valence electrons. The van der Waals surface area contributed by atoms with E-state index in [1.165, 1.54) is 24.4 Å². The van der Waals surface area contributed by atoms with Crippen LogP contribution >= 0.6 is 0 Å². The number of hydrogen-bond donors (Lipinski definition) is 2. The summed E-state index contributed by atoms with van der Waals surface area (Å²) in [6, 6.07) is 8.68. The van der Waals surface area contributed by atoms with Gasteiger partial charge in [0, 0.05) is 5.69 Å². The minimum atomic E-state index is -4.78. The van der Waals surface area contributed by atoms with Crippen LogP contribution in [0, 0.1) is 22.7 Å². The van der Waals surface area contributed by atoms with Crippen molar-refractivity contribution in [2.24, 2.45) is 0 Å². The summed E-state index contributed by atoms with van der Waals surface area (Å²) in [6.07, 6.45) is -3.55. The van der Waals surface area contributed by atoms with Crippen LogP contribution in [-0.2, 0) is 11.0 Å². The molecule has 1 heterocycles. The van der Waals surface area contributed by atoms with Crippen molar-refractivity contribution in [3.05, 3.63) is 53.3 Å². The number of rotatable bonds is 5. The molecule has 7 nitrogen and oxygen atoms in total. The van der Waals surface area contributed by atoms with Gasteiger partial charge >= 0.3 is 6.18 Å². The number of carbonyl (C=O) groups excluding carboxylic acids is 1. The highest BCUT2D eigenvalue weighted by atomic mass is 19.4. The number of nitrogens with one attached hydrogen (secondary N) is 1. The molecule has 1 aromatic carbocycles. The van der Waals surface area contributed by atoms with Gasteiger partial charge < -0.3 is 15.2 Å². The van der Waals surface area contributed by atoms with E-state index in [0.717, 1.165) is 19.1 Å². The number of alkyl halides is 3. The van der Waals surface area contributed by atoms with Crippen molar-refractivity contribution in [3.63, 3.8) is 0 Å². The molecule has 28 heavy (non-hydrogen) atoms. The van der Waals surface area contributed by atoms with E-state index in [1.54, 1.807) is 0 Å². The summed E-state index contributed by atoms with van der Waals surface area (Å²) < 4.78 is 44.2. The lowest BCUT2D eigenvalue weighted by atomic mass is 10.1. The van der Waals surface area contributed by atoms with Gasteiger partial charge in [0.1, 0.15) is 24.1 Å². The molecule has 2 rings (SSSR count). The highest BCUT2D eigenvalue weighted by molar-refractivity contribution is 5.97. The van der Waals surface area contributed by atoms with Crippen LogP contribution in [0.3, 0.4) is 0 Å². The van der Waals surface area contributed by atoms with Gasteiger partial charge in [-0.05, 0) is 37.3 Å². The SMILES string of the molecule is C[C@](O)(COc1ccc(C#N)nc1)C(=O)Nc1ccc(C#N)c(C(F)(F)F)c1. The Hall–Kier alpha value is -3.63. The maximum atomic E-state index is 13.0. The lowest BCUT2D eigenvalue weighted by Crippen LogP contribution is -2.45. The van der Waals surface area contributed by atoms with Crippen molar-refractivity contribution in [1.29, 1.82) is 10.5 Å². The van der Waals surface area contributed by atoms with E-state index in [4.69, 9.17) is 15.3 Å². The number of pyridine rings is 1. The molecule has 1 aromatic heterocycles. The number of carbonyl (C=O) groups is 1. The molecule has 0 saturated heterocycles. The number of aromatic nitrogens is 1. The lowest BCUT2D eigenvalue weighted by molar-refractivity contribution is -0.138. The largest absolute Gasteiger partial charge is 0.488 e. The van der Waals surface area contributed by atoms with Gasteiger partial charge in [0.25, 0.3) is 5.91 Å². The second-order valence-corrected chi connectivity index (χ2v) is 5.88. The first-order chi connectivity index (χ1) is 13.1. The van der Waals surface area contributed by atoms with Crippen LogP contribution in [0.15, 0.2) is 36.5 Å². The lowest BCUT2D eigenvalue weighted by Gasteiger charge is -2.23. The molecule has 2 N–H and O–H groups in total. The maximum Gasteiger partial charge on any atom is 0.417 e. The molecule has 0 saturated carbocycles. The Morgan fingerprint density at radius 2 is 1.96 bits per heavy atom. The van der Waals surface area contributed by atoms with Crippen LogP contribution in [0.1, 0.15) is 23.7 Å². The van der Waals surface area contributed by atoms with Gasteiger partial charge in [0.15, 0.2) is 5.60 Å². The Kier molecular flexibility index (Phi) is 5.87. The van der Waals surface area contributed by atoms with Gasteiger partial charge in [-0.15, -0.1) is 0 Å². The molecule has 0 radical (unpaired) electrons. The molecule has 0 aliphatic carbocycles. The number of halogens is 3. The second-order valence-electron chi connectivity index (χ2n) is 5.88. The van der Waals surface area contributed by atoms with E-state index >= 15 is 0 Å². The van der Waals surface area contributed by atoms with Crippen LogP contribution in [0.4, 0.5) is 18.9 Å². The Bertz CT molecular complexity index is 958. The number of hydrogen-bond acceptors (Lipinski definition) is 6. The second kappa shape index (κ2) is 7.94. The fraction of sp³-hybridized carbons (Fsp3) is 0.222. The third kappa shape index (κ3) is 4.96. The predicted molar refractivity (Wildman–Crippen MR) is 89.9 cm³/mol. The topological polar surface area (TPSA) is 119 Å². The normalized spacial score (nSPS) is 13.0. The van der Waals surface area contributed by atoms with Crippen molar-refractivity contribution < 1.29 is 27.8 Å². The highest BCUT2D eigenvalue weighted by Crippen LogP contribution is 2.33. The van der Waals surface area contributed by atoms with Crippen LogP contribution in [0.5, 0.6) is 5.75 Å². The minimum Gasteiger partial charge on any atom is -0.488 e. The van der Waals surface area contributed by atoms with Crippen molar-refractivity contribution in [1.82, 2.24) is 4.98 Å². The number of amides is 1. The molecule has 0 aliphatic heterocycles. The zero-order valence-corrected chi connectivity index (χ0v) is 14.4. The van der Waals surface area contributed by atoms with E-state index in [9.17, 15) is 23.1 Å². The Morgan fingerprint density at radius 3 is 2.50 bits per heavy atom. The molecule has 0 unspecified atom stereocenters. The zero-order valence-electron chi connectivity index (χ0n) is 14.4. The number of ether oxygens (including phenoxy) is 1. The quantitative estimate of drug-likeness (QED) is 0.810. The molecule has 1 atom stereocenters. The molecule has 0 aliphatic rings. The molecular weight excluding hydrogens is 377 g/mol. The van der Waals surface area contributed by atoms with Crippen molar-refractivity contribution in [2.45, 2.75) is 18.7 Å². The summed E-state index contributed by atoms with van der Waals surface area (Å²) in [7, 11) is 0. The predicted octanol–water partition coefficient (Wildman–Crippen LogP) is 2.61. The smallest absolute Gasteiger partial charge is 0.417 e. The van der Waals surface area contributed by atoms with E-state index in [2.05, 4.69) is 10.3 Å². The standard InChI is InChI=1S/C18H13F3N4O3/c1-17(27,10-28-14-5-4-13(8-23)24-9-14)16(26)25-12-3-2-11(7-22)15(6-12)18(19,20)21/h2-6,9,27H,10H2,1H3,(H,25,26)/t17-/m0/s1. The zero-order chi connectivity index (χ0) is 20.9. The average Bonchev–Trinajstić information content (AvgIpc) is 2.66. The van der Waals surface area contributed by atoms with Gasteiger partial charge in [0.05, 0.1) is 23.4 Å². The first kappa shape index (κ1) is 20.7. The van der Waals surface area contributed by atoms with Gasteiger partial charge in [-0.3, -0.25) is 4.79 Å². The van der Waals surface area contributed by atoms with E-state index in [1.807, 2.05) is 6.07 Å². The number of nitrogens with zero attached hydrogens (tertiary/aromatic N) is 3. The summed E-state index contributed by atoms with van der Waals surface area (Å²) >= 11 is 0. The monoisotopic (exact) mass is 390 g/mol. The Labute approximate surface area is 157 Å². The fourth-order valence-corrected chi connectivity index (χ4v) is 2.04. The van der Waals surface area contributed by atoms with E-state index in [-0.39, 0.29) is 17.1 Å². The van der Waals surface area contributed by atoms with Gasteiger partial charge in [-0.25, -0.2) is 4.98 Å². The first-order valence-corrected chi connectivity index (χ1v) is 7.71. The van der Waals surface area contributed by atoms with E-state index < -0.39 is 35.4 Å². The van der Waals surface area contributed by atoms with Crippen LogP contribution in [-0.4, -0.2) is 28.2 Å². The Balaban J connectivity index is 2.10. The average molecular weight is 390 g/mol. The number of anilines is 1. The van der Waals surface area contributed by atoms with Gasteiger partial charge in [0.2, 0.25) is 0 Å². The van der Waals surface area contributed by atoms with Crippen LogP contribution in [0.2, 0.25) is 0 Å². The van der Waals surface area contributed by atoms with Gasteiger partial charge in [-0.1, -0.05) is 0 Å². The maximum absolute atomic E-state index is 13.0. The molecular formula is C18H13F3N4O3. The third-order valence-corrected chi connectivity index (χ3v) is 3.56. The van der Waals surface area contributed by atoms with Crippen molar-refractivity contribution >= 4 is 11.6 Å². The minimum absolute atomic E-state index is 0.151. The summed E-state index contributed by atoms with van der Waals surface area (Å²) in [4.78, 5) is 16.0. The molecule has 0 fully saturated rings. The van der Waals surface area contributed by atoms with Crippen LogP contribution in [0.25, 0.3) is 0 Å². The summed E-state index contributed by atoms with van der Waals surface area (Å²) in [5, 5.41) is 29.9. The molecule has 0 bridgehead atoms. The number of nitriles is 2. The first-order valence-electron chi connectivity index (χ1n) is 7.71. The Morgan fingerprint density at radius 1 is 1.25 bits per heavy atom. The highest BCUT2D eigenvalue weighted by Gasteiger charge is 2.35. The van der Waals surface area contributed by atoms with Gasteiger partial charge in [-0.2, -0.15) is 23.7 Å². The molecule has 0 spiro atoms. The number of aliphatic hydroxyl groups is 1. The van der Waals surface area contributed by atoms with E-state index in [0.29, 0.717) is 6.07 Å². The van der Waals surface area contributed by atoms with Crippen LogP contribution < -0.4 is 10.1 Å². The van der Waals surface area contributed by atoms with Crippen molar-refractivity contribution in [3.8, 4) is 17.9 Å². The fourth-order valence-electron chi connectivity index (χ4n) is 2.04.